The van der Waals surface area contributed by atoms with Gasteiger partial charge in [-0.05, 0) is 18.1 Å². The number of para-hydroxylation sites is 1. The normalized spacial score (nSPS) is 15.0. The second-order valence-corrected chi connectivity index (χ2v) is 7.68. The summed E-state index contributed by atoms with van der Waals surface area (Å²) in [5, 5.41) is 6.77. The summed E-state index contributed by atoms with van der Waals surface area (Å²) in [6.45, 7) is 8.27. The van der Waals surface area contributed by atoms with Crippen LogP contribution in [0.25, 0.3) is 0 Å². The van der Waals surface area contributed by atoms with E-state index in [0.717, 1.165) is 24.6 Å². The second kappa shape index (κ2) is 6.32. The minimum Gasteiger partial charge on any atom is -0.350 e. The van der Waals surface area contributed by atoms with Crippen molar-refractivity contribution in [2.75, 3.05) is 18.5 Å². The van der Waals surface area contributed by atoms with Gasteiger partial charge < -0.3 is 10.2 Å². The van der Waals surface area contributed by atoms with E-state index in [1.165, 1.54) is 16.3 Å². The molecule has 0 atom stereocenters. The van der Waals surface area contributed by atoms with Gasteiger partial charge in [0.25, 0.3) is 0 Å². The van der Waals surface area contributed by atoms with Crippen molar-refractivity contribution in [3.05, 3.63) is 45.9 Å². The fraction of sp³-hybridized carbons (Fsp3) is 0.444. The smallest absolute Gasteiger partial charge is 0.198 e. The number of nitrogens with zero attached hydrogens (tertiary/aromatic N) is 3. The fourth-order valence-electron chi connectivity index (χ4n) is 2.76. The lowest BCUT2D eigenvalue weighted by atomic mass is 9.98. The molecular weight excluding hydrogens is 304 g/mol. The zero-order valence-corrected chi connectivity index (χ0v) is 15.1. The highest BCUT2D eigenvalue weighted by Gasteiger charge is 2.23. The highest BCUT2D eigenvalue weighted by molar-refractivity contribution is 7.09. The average Bonchev–Trinajstić information content (AvgIpc) is 3.15. The van der Waals surface area contributed by atoms with E-state index in [1.54, 1.807) is 11.3 Å². The summed E-state index contributed by atoms with van der Waals surface area (Å²) < 4.78 is 0. The molecule has 1 aromatic carbocycles. The molecule has 5 heteroatoms. The van der Waals surface area contributed by atoms with Crippen molar-refractivity contribution in [1.29, 1.82) is 0 Å². The number of hydrogen-bond donors (Lipinski definition) is 1. The number of anilines is 1. The van der Waals surface area contributed by atoms with Crippen LogP contribution in [-0.2, 0) is 18.4 Å². The van der Waals surface area contributed by atoms with Gasteiger partial charge in [0.05, 0.1) is 17.2 Å². The van der Waals surface area contributed by atoms with Crippen molar-refractivity contribution >= 4 is 23.0 Å². The summed E-state index contributed by atoms with van der Waals surface area (Å²) in [4.78, 5) is 11.4. The van der Waals surface area contributed by atoms with E-state index in [1.807, 2.05) is 7.05 Å². The molecule has 1 aliphatic heterocycles. The highest BCUT2D eigenvalue weighted by atomic mass is 32.1. The SMILES string of the molecule is CN=C(NCc1csc(C(C)(C)C)n1)N1CCc2ccccc21. The monoisotopic (exact) mass is 328 g/mol. The van der Waals surface area contributed by atoms with Crippen molar-refractivity contribution in [3.8, 4) is 0 Å². The van der Waals surface area contributed by atoms with Gasteiger partial charge in [-0.2, -0.15) is 0 Å². The first kappa shape index (κ1) is 16.0. The van der Waals surface area contributed by atoms with Gasteiger partial charge in [-0.3, -0.25) is 4.99 Å². The predicted octanol–water partition coefficient (Wildman–Crippen LogP) is 3.58. The van der Waals surface area contributed by atoms with Crippen LogP contribution in [0.15, 0.2) is 34.6 Å². The Morgan fingerprint density at radius 2 is 2.13 bits per heavy atom. The number of benzene rings is 1. The minimum atomic E-state index is 0.110. The number of nitrogens with one attached hydrogen (secondary N) is 1. The maximum absolute atomic E-state index is 4.74. The molecular formula is C18H24N4S. The number of aliphatic imine (C=N–C) groups is 1. The predicted molar refractivity (Wildman–Crippen MR) is 98.5 cm³/mol. The Balaban J connectivity index is 1.69. The summed E-state index contributed by atoms with van der Waals surface area (Å²) >= 11 is 1.73. The van der Waals surface area contributed by atoms with Crippen LogP contribution in [-0.4, -0.2) is 24.5 Å². The van der Waals surface area contributed by atoms with Crippen molar-refractivity contribution in [2.24, 2.45) is 4.99 Å². The summed E-state index contributed by atoms with van der Waals surface area (Å²) in [6, 6.07) is 8.54. The van der Waals surface area contributed by atoms with Crippen LogP contribution in [0.5, 0.6) is 0 Å². The van der Waals surface area contributed by atoms with Crippen LogP contribution in [0.4, 0.5) is 5.69 Å². The van der Waals surface area contributed by atoms with E-state index >= 15 is 0 Å². The summed E-state index contributed by atoms with van der Waals surface area (Å²) in [6.07, 6.45) is 1.07. The lowest BCUT2D eigenvalue weighted by molar-refractivity contribution is 0.582. The van der Waals surface area contributed by atoms with Crippen LogP contribution in [0, 0.1) is 0 Å². The van der Waals surface area contributed by atoms with E-state index < -0.39 is 0 Å². The Hall–Kier alpha value is -1.88. The number of thiazole rings is 1. The summed E-state index contributed by atoms with van der Waals surface area (Å²) in [7, 11) is 1.84. The van der Waals surface area contributed by atoms with Gasteiger partial charge in [-0.25, -0.2) is 4.98 Å². The van der Waals surface area contributed by atoms with Gasteiger partial charge in [0.15, 0.2) is 5.96 Å². The number of guanidine groups is 1. The molecule has 2 heterocycles. The maximum atomic E-state index is 4.74. The largest absolute Gasteiger partial charge is 0.350 e. The lowest BCUT2D eigenvalue weighted by Gasteiger charge is -2.22. The van der Waals surface area contributed by atoms with Gasteiger partial charge in [-0.15, -0.1) is 11.3 Å². The molecule has 0 unspecified atom stereocenters. The molecule has 0 bridgehead atoms. The van der Waals surface area contributed by atoms with E-state index in [-0.39, 0.29) is 5.41 Å². The standard InChI is InChI=1S/C18H24N4S/c1-18(2,3)16-21-14(12-23-16)11-20-17(19-4)22-10-9-13-7-5-6-8-15(13)22/h5-8,12H,9-11H2,1-4H3,(H,19,20). The molecule has 1 aliphatic rings. The van der Waals surface area contributed by atoms with Crippen molar-refractivity contribution in [1.82, 2.24) is 10.3 Å². The molecule has 0 saturated carbocycles. The molecule has 1 N–H and O–H groups in total. The Kier molecular flexibility index (Phi) is 4.39. The summed E-state index contributed by atoms with van der Waals surface area (Å²) in [5.74, 6) is 0.917. The van der Waals surface area contributed by atoms with Crippen LogP contribution < -0.4 is 10.2 Å². The van der Waals surface area contributed by atoms with Gasteiger partial charge in [0.2, 0.25) is 0 Å². The van der Waals surface area contributed by atoms with Crippen molar-refractivity contribution < 1.29 is 0 Å². The Morgan fingerprint density at radius 1 is 1.35 bits per heavy atom. The fourth-order valence-corrected chi connectivity index (χ4v) is 3.66. The molecule has 0 aliphatic carbocycles. The molecule has 4 nitrogen and oxygen atoms in total. The van der Waals surface area contributed by atoms with Gasteiger partial charge >= 0.3 is 0 Å². The second-order valence-electron chi connectivity index (χ2n) is 6.83. The molecule has 0 amide bonds. The first-order chi connectivity index (χ1) is 11.0. The van der Waals surface area contributed by atoms with E-state index in [2.05, 4.69) is 65.6 Å². The topological polar surface area (TPSA) is 40.5 Å². The average molecular weight is 328 g/mol. The third kappa shape index (κ3) is 3.39. The van der Waals surface area contributed by atoms with Crippen LogP contribution >= 0.6 is 11.3 Å². The number of hydrogen-bond acceptors (Lipinski definition) is 3. The number of aromatic nitrogens is 1. The molecule has 23 heavy (non-hydrogen) atoms. The zero-order chi connectivity index (χ0) is 16.4. The number of rotatable bonds is 2. The van der Waals surface area contributed by atoms with Gasteiger partial charge in [-0.1, -0.05) is 39.0 Å². The van der Waals surface area contributed by atoms with Crippen LogP contribution in [0.2, 0.25) is 0 Å². The molecule has 0 saturated heterocycles. The quantitative estimate of drug-likeness (QED) is 0.677. The molecule has 2 aromatic rings. The molecule has 3 rings (SSSR count). The summed E-state index contributed by atoms with van der Waals surface area (Å²) in [5.41, 5.74) is 3.83. The van der Waals surface area contributed by atoms with Crippen LogP contribution in [0.3, 0.4) is 0 Å². The van der Waals surface area contributed by atoms with Gasteiger partial charge in [0.1, 0.15) is 0 Å². The minimum absolute atomic E-state index is 0.110. The number of fused-ring (bicyclic) bond motifs is 1. The molecule has 0 spiro atoms. The first-order valence-electron chi connectivity index (χ1n) is 8.00. The Labute approximate surface area is 142 Å². The van der Waals surface area contributed by atoms with Gasteiger partial charge in [0, 0.05) is 30.1 Å². The third-order valence-corrected chi connectivity index (χ3v) is 5.29. The van der Waals surface area contributed by atoms with E-state index in [0.29, 0.717) is 6.54 Å². The first-order valence-corrected chi connectivity index (χ1v) is 8.88. The molecule has 0 fully saturated rings. The van der Waals surface area contributed by atoms with E-state index in [9.17, 15) is 0 Å². The Morgan fingerprint density at radius 3 is 2.83 bits per heavy atom. The molecule has 0 radical (unpaired) electrons. The van der Waals surface area contributed by atoms with Crippen LogP contribution in [0.1, 0.15) is 37.0 Å². The van der Waals surface area contributed by atoms with Crippen molar-refractivity contribution in [3.63, 3.8) is 0 Å². The third-order valence-electron chi connectivity index (χ3n) is 3.98. The van der Waals surface area contributed by atoms with E-state index in [4.69, 9.17) is 4.98 Å². The lowest BCUT2D eigenvalue weighted by Crippen LogP contribution is -2.40. The van der Waals surface area contributed by atoms with Crippen molar-refractivity contribution in [2.45, 2.75) is 39.2 Å². The maximum Gasteiger partial charge on any atom is 0.198 e. The highest BCUT2D eigenvalue weighted by Crippen LogP contribution is 2.28. The molecule has 1 aromatic heterocycles. The Bertz CT molecular complexity index is 712. The molecule has 122 valence electrons. The zero-order valence-electron chi connectivity index (χ0n) is 14.3.